The molecule has 0 fully saturated rings. The highest BCUT2D eigenvalue weighted by molar-refractivity contribution is 7.89. The normalized spacial score (nSPS) is 11.6. The molecule has 0 atom stereocenters. The molecule has 0 saturated heterocycles. The summed E-state index contributed by atoms with van der Waals surface area (Å²) >= 11 is 0. The van der Waals surface area contributed by atoms with Gasteiger partial charge in [-0.2, -0.15) is 4.31 Å². The van der Waals surface area contributed by atoms with Crippen molar-refractivity contribution >= 4 is 21.9 Å². The summed E-state index contributed by atoms with van der Waals surface area (Å²) in [5.74, 6) is -0.723. The summed E-state index contributed by atoms with van der Waals surface area (Å²) in [6, 6.07) is 6.32. The third-order valence-corrected chi connectivity index (χ3v) is 5.31. The minimum absolute atomic E-state index is 0.0971. The van der Waals surface area contributed by atoms with Gasteiger partial charge in [-0.15, -0.1) is 0 Å². The van der Waals surface area contributed by atoms with Crippen molar-refractivity contribution in [1.29, 1.82) is 0 Å². The number of hydrogen-bond donors (Lipinski definition) is 1. The molecule has 1 aromatic carbocycles. The van der Waals surface area contributed by atoms with Gasteiger partial charge in [0.1, 0.15) is 6.54 Å². The molecule has 140 valence electrons. The van der Waals surface area contributed by atoms with E-state index in [0.29, 0.717) is 12.5 Å². The lowest BCUT2D eigenvalue weighted by Crippen LogP contribution is -2.35. The average molecular weight is 370 g/mol. The number of nitrogens with one attached hydrogen (secondary N) is 1. The number of aryl methyl sites for hydroxylation is 1. The molecule has 0 radical (unpaired) electrons. The molecule has 8 heteroatoms. The molecule has 1 rings (SSSR count). The molecule has 1 N–H and O–H groups in total. The summed E-state index contributed by atoms with van der Waals surface area (Å²) < 4.78 is 30.4. The highest BCUT2D eigenvalue weighted by atomic mass is 32.2. The lowest BCUT2D eigenvalue weighted by Gasteiger charge is -2.16. The fourth-order valence-electron chi connectivity index (χ4n) is 1.90. The fourth-order valence-corrected chi connectivity index (χ4v) is 3.02. The van der Waals surface area contributed by atoms with Gasteiger partial charge >= 0.3 is 5.97 Å². The smallest absolute Gasteiger partial charge is 0.321 e. The van der Waals surface area contributed by atoms with Crippen LogP contribution in [0.25, 0.3) is 0 Å². The standard InChI is InChI=1S/C17H26N2O5S/c1-13(2)9-10-18-16(20)12-24-17(21)11-19(4)25(22,23)15-7-5-14(3)6-8-15/h5-8,13H,9-12H2,1-4H3,(H,18,20). The third-order valence-electron chi connectivity index (χ3n) is 3.49. The number of nitrogens with zero attached hydrogens (tertiary/aromatic N) is 1. The van der Waals surface area contributed by atoms with Crippen molar-refractivity contribution in [3.63, 3.8) is 0 Å². The molecule has 25 heavy (non-hydrogen) atoms. The number of esters is 1. The zero-order valence-electron chi connectivity index (χ0n) is 15.1. The molecule has 0 aliphatic carbocycles. The Morgan fingerprint density at radius 1 is 1.20 bits per heavy atom. The molecule has 0 spiro atoms. The van der Waals surface area contributed by atoms with Crippen molar-refractivity contribution < 1.29 is 22.7 Å². The second kappa shape index (κ2) is 9.53. The molecule has 0 aromatic heterocycles. The van der Waals surface area contributed by atoms with Crippen molar-refractivity contribution in [3.05, 3.63) is 29.8 Å². The van der Waals surface area contributed by atoms with Crippen LogP contribution in [0.15, 0.2) is 29.2 Å². The van der Waals surface area contributed by atoms with E-state index in [-0.39, 0.29) is 4.90 Å². The van der Waals surface area contributed by atoms with Gasteiger partial charge in [0, 0.05) is 13.6 Å². The topological polar surface area (TPSA) is 92.8 Å². The molecule has 0 aliphatic rings. The van der Waals surface area contributed by atoms with E-state index in [1.807, 2.05) is 20.8 Å². The van der Waals surface area contributed by atoms with Gasteiger partial charge in [-0.25, -0.2) is 8.42 Å². The summed E-state index contributed by atoms with van der Waals surface area (Å²) in [5, 5.41) is 2.64. The zero-order valence-corrected chi connectivity index (χ0v) is 15.9. The molecular weight excluding hydrogens is 344 g/mol. The minimum Gasteiger partial charge on any atom is -0.455 e. The van der Waals surface area contributed by atoms with Crippen LogP contribution in [0.1, 0.15) is 25.8 Å². The quantitative estimate of drug-likeness (QED) is 0.662. The Hall–Kier alpha value is -1.93. The Labute approximate surface area is 149 Å². The van der Waals surface area contributed by atoms with Gasteiger partial charge in [-0.05, 0) is 31.4 Å². The monoisotopic (exact) mass is 370 g/mol. The summed E-state index contributed by atoms with van der Waals surface area (Å²) in [4.78, 5) is 23.4. The minimum atomic E-state index is -3.78. The predicted molar refractivity (Wildman–Crippen MR) is 94.4 cm³/mol. The van der Waals surface area contributed by atoms with Crippen molar-refractivity contribution in [3.8, 4) is 0 Å². The van der Waals surface area contributed by atoms with Crippen LogP contribution in [0.2, 0.25) is 0 Å². The second-order valence-electron chi connectivity index (χ2n) is 6.27. The molecule has 1 amide bonds. The lowest BCUT2D eigenvalue weighted by atomic mass is 10.1. The Balaban J connectivity index is 2.48. The zero-order chi connectivity index (χ0) is 19.0. The van der Waals surface area contributed by atoms with E-state index >= 15 is 0 Å². The summed E-state index contributed by atoms with van der Waals surface area (Å²) in [6.07, 6.45) is 0.831. The van der Waals surface area contributed by atoms with Gasteiger partial charge in [0.25, 0.3) is 5.91 Å². The number of sulfonamides is 1. The first-order valence-electron chi connectivity index (χ1n) is 8.08. The van der Waals surface area contributed by atoms with Crippen LogP contribution in [0.4, 0.5) is 0 Å². The molecule has 0 bridgehead atoms. The summed E-state index contributed by atoms with van der Waals surface area (Å²) in [7, 11) is -2.49. The highest BCUT2D eigenvalue weighted by Gasteiger charge is 2.23. The van der Waals surface area contributed by atoms with Crippen LogP contribution < -0.4 is 5.32 Å². The molecular formula is C17H26N2O5S. The van der Waals surface area contributed by atoms with Gasteiger partial charge in [0.15, 0.2) is 6.61 Å². The first-order chi connectivity index (χ1) is 11.6. The number of benzene rings is 1. The second-order valence-corrected chi connectivity index (χ2v) is 8.31. The molecule has 0 unspecified atom stereocenters. The Morgan fingerprint density at radius 3 is 2.36 bits per heavy atom. The van der Waals surface area contributed by atoms with Crippen molar-refractivity contribution in [2.45, 2.75) is 32.1 Å². The maximum Gasteiger partial charge on any atom is 0.321 e. The Morgan fingerprint density at radius 2 is 1.80 bits per heavy atom. The van der Waals surface area contributed by atoms with Crippen LogP contribution in [-0.2, 0) is 24.3 Å². The van der Waals surface area contributed by atoms with Gasteiger partial charge in [-0.3, -0.25) is 9.59 Å². The van der Waals surface area contributed by atoms with E-state index in [1.54, 1.807) is 12.1 Å². The van der Waals surface area contributed by atoms with Crippen molar-refractivity contribution in [2.75, 3.05) is 26.7 Å². The number of hydrogen-bond acceptors (Lipinski definition) is 5. The van der Waals surface area contributed by atoms with Gasteiger partial charge in [-0.1, -0.05) is 31.5 Å². The molecule has 0 heterocycles. The molecule has 1 aromatic rings. The van der Waals surface area contributed by atoms with E-state index in [1.165, 1.54) is 19.2 Å². The first kappa shape index (κ1) is 21.1. The maximum atomic E-state index is 12.4. The number of carbonyl (C=O) groups is 2. The average Bonchev–Trinajstić information content (AvgIpc) is 2.53. The molecule has 7 nitrogen and oxygen atoms in total. The van der Waals surface area contributed by atoms with E-state index in [0.717, 1.165) is 16.3 Å². The van der Waals surface area contributed by atoms with E-state index in [9.17, 15) is 18.0 Å². The van der Waals surface area contributed by atoms with E-state index in [2.05, 4.69) is 5.32 Å². The SMILES string of the molecule is Cc1ccc(S(=O)(=O)N(C)CC(=O)OCC(=O)NCCC(C)C)cc1. The van der Waals surface area contributed by atoms with Crippen molar-refractivity contribution in [2.24, 2.45) is 5.92 Å². The largest absolute Gasteiger partial charge is 0.455 e. The number of amides is 1. The highest BCUT2D eigenvalue weighted by Crippen LogP contribution is 2.14. The number of likely N-dealkylation sites (N-methyl/N-ethyl adjacent to an activating group) is 1. The number of carbonyl (C=O) groups excluding carboxylic acids is 2. The summed E-state index contributed by atoms with van der Waals surface area (Å²) in [5.41, 5.74) is 0.935. The van der Waals surface area contributed by atoms with Crippen LogP contribution in [0, 0.1) is 12.8 Å². The van der Waals surface area contributed by atoms with Gasteiger partial charge in [0.2, 0.25) is 10.0 Å². The Bertz CT molecular complexity index is 683. The van der Waals surface area contributed by atoms with E-state index < -0.39 is 35.1 Å². The van der Waals surface area contributed by atoms with Gasteiger partial charge in [0.05, 0.1) is 4.90 Å². The Kier molecular flexibility index (Phi) is 8.05. The van der Waals surface area contributed by atoms with Crippen LogP contribution in [-0.4, -0.2) is 51.3 Å². The summed E-state index contributed by atoms with van der Waals surface area (Å²) in [6.45, 7) is 5.55. The fraction of sp³-hybridized carbons (Fsp3) is 0.529. The first-order valence-corrected chi connectivity index (χ1v) is 9.52. The van der Waals surface area contributed by atoms with Crippen LogP contribution >= 0.6 is 0 Å². The number of ether oxygens (including phenoxy) is 1. The van der Waals surface area contributed by atoms with Gasteiger partial charge < -0.3 is 10.1 Å². The van der Waals surface area contributed by atoms with E-state index in [4.69, 9.17) is 4.74 Å². The lowest BCUT2D eigenvalue weighted by molar-refractivity contribution is -0.148. The van der Waals surface area contributed by atoms with Crippen molar-refractivity contribution in [1.82, 2.24) is 9.62 Å². The molecule has 0 aliphatic heterocycles. The third kappa shape index (κ3) is 7.23. The predicted octanol–water partition coefficient (Wildman–Crippen LogP) is 1.32. The van der Waals surface area contributed by atoms with Crippen LogP contribution in [0.3, 0.4) is 0 Å². The maximum absolute atomic E-state index is 12.4. The molecule has 0 saturated carbocycles. The number of rotatable bonds is 9. The van der Waals surface area contributed by atoms with Crippen LogP contribution in [0.5, 0.6) is 0 Å².